The van der Waals surface area contributed by atoms with Gasteiger partial charge < -0.3 is 49.9 Å². The fourth-order valence-corrected chi connectivity index (χ4v) is 7.87. The Morgan fingerprint density at radius 2 is 1.51 bits per heavy atom. The van der Waals surface area contributed by atoms with Crippen molar-refractivity contribution in [1.29, 1.82) is 0 Å². The number of Topliss-reactive ketones (excluding diaryl/α,β-unsaturated/α-hetero) is 1. The molecule has 2 aromatic rings. The number of amides is 3. The van der Waals surface area contributed by atoms with Gasteiger partial charge in [-0.25, -0.2) is 22.9 Å². The summed E-state index contributed by atoms with van der Waals surface area (Å²) in [5.74, 6) is -9.71. The maximum absolute atomic E-state index is 15.4. The van der Waals surface area contributed by atoms with Crippen molar-refractivity contribution >= 4 is 62.2 Å². The lowest BCUT2D eigenvalue weighted by atomic mass is 9.92. The largest absolute Gasteiger partial charge is 0.481 e. The van der Waals surface area contributed by atoms with Gasteiger partial charge in [0, 0.05) is 31.7 Å². The molecule has 1 saturated heterocycles. The molecule has 8 N–H and O–H groups in total. The van der Waals surface area contributed by atoms with Crippen LogP contribution in [-0.2, 0) is 28.3 Å². The molecule has 5 rings (SSSR count). The molecule has 1 aromatic heterocycles. The van der Waals surface area contributed by atoms with E-state index in [4.69, 9.17) is 0 Å². The number of nitrogens with one attached hydrogen (secondary N) is 3. The molecule has 2 aliphatic heterocycles. The highest BCUT2D eigenvalue weighted by molar-refractivity contribution is 7.72. The second-order valence-corrected chi connectivity index (χ2v) is 17.1. The Kier molecular flexibility index (Phi) is 10.6. The van der Waals surface area contributed by atoms with E-state index in [1.165, 1.54) is 6.92 Å². The Labute approximate surface area is 297 Å². The number of carboxylic acids is 1. The molecule has 0 bridgehead atoms. The Bertz CT molecular complexity index is 1960. The SMILES string of the molecule is CC(N[C@H]1[C@@H]2CN(c3nc4c(cc3F)C(=O)C(C(=O)O)CN4c3ccc(F)cc3F)C[C@@H]21)C(=O)NC(=O)[C@H](C)NC(=O)OC(C)(P(=O)(O)O)P(=O)(O)O. The van der Waals surface area contributed by atoms with Crippen LogP contribution in [0, 0.1) is 35.2 Å². The van der Waals surface area contributed by atoms with Gasteiger partial charge in [0.1, 0.15) is 29.4 Å². The zero-order valence-electron chi connectivity index (χ0n) is 27.8. The van der Waals surface area contributed by atoms with Crippen LogP contribution in [0.1, 0.15) is 31.1 Å². The zero-order chi connectivity index (χ0) is 39.5. The van der Waals surface area contributed by atoms with E-state index in [1.807, 2.05) is 10.6 Å². The Hall–Kier alpha value is -4.43. The number of carbonyl (C=O) groups is 5. The van der Waals surface area contributed by atoms with Crippen molar-refractivity contribution in [1.82, 2.24) is 20.9 Å². The number of aromatic nitrogens is 1. The van der Waals surface area contributed by atoms with Gasteiger partial charge >= 0.3 is 32.3 Å². The number of ether oxygens (including phenoxy) is 1. The quantitative estimate of drug-likeness (QED) is 0.115. The molecule has 24 heteroatoms. The molecule has 53 heavy (non-hydrogen) atoms. The van der Waals surface area contributed by atoms with Crippen molar-refractivity contribution in [3.05, 3.63) is 47.3 Å². The molecule has 2 fully saturated rings. The molecule has 3 aliphatic rings. The van der Waals surface area contributed by atoms with Crippen LogP contribution in [-0.4, -0.2) is 102 Å². The van der Waals surface area contributed by atoms with Gasteiger partial charge in [-0.2, -0.15) is 0 Å². The van der Waals surface area contributed by atoms with Crippen LogP contribution in [0.4, 0.5) is 35.3 Å². The van der Waals surface area contributed by atoms with Gasteiger partial charge in [0.05, 0.1) is 17.3 Å². The number of hydrogen-bond donors (Lipinski definition) is 8. The molecule has 0 radical (unpaired) electrons. The molecule has 1 aromatic carbocycles. The summed E-state index contributed by atoms with van der Waals surface area (Å²) in [5, 5.41) is 12.9. The van der Waals surface area contributed by atoms with Crippen LogP contribution in [0.25, 0.3) is 0 Å². The lowest BCUT2D eigenvalue weighted by molar-refractivity contribution is -0.139. The Morgan fingerprint density at radius 3 is 2.06 bits per heavy atom. The number of alkyl carbamates (subject to hydrolysis) is 1. The molecule has 6 atom stereocenters. The van der Waals surface area contributed by atoms with E-state index in [2.05, 4.69) is 15.0 Å². The molecular formula is C29H33F3N6O13P2. The van der Waals surface area contributed by atoms with Crippen molar-refractivity contribution in [3.63, 3.8) is 0 Å². The van der Waals surface area contributed by atoms with Crippen molar-refractivity contribution in [2.45, 2.75) is 44.0 Å². The number of rotatable bonds is 11. The zero-order valence-corrected chi connectivity index (χ0v) is 29.6. The number of ketones is 1. The second kappa shape index (κ2) is 14.1. The van der Waals surface area contributed by atoms with Crippen LogP contribution in [0.2, 0.25) is 0 Å². The number of imide groups is 1. The molecule has 1 saturated carbocycles. The highest BCUT2D eigenvalue weighted by Gasteiger charge is 2.61. The summed E-state index contributed by atoms with van der Waals surface area (Å²) < 4.78 is 71.5. The molecule has 3 heterocycles. The number of fused-ring (bicyclic) bond motifs is 2. The van der Waals surface area contributed by atoms with Crippen LogP contribution < -0.4 is 25.8 Å². The number of nitrogens with zero attached hydrogens (tertiary/aromatic N) is 3. The van der Waals surface area contributed by atoms with Gasteiger partial charge in [-0.1, -0.05) is 0 Å². The second-order valence-electron chi connectivity index (χ2n) is 12.9. The maximum atomic E-state index is 15.4. The van der Waals surface area contributed by atoms with Crippen LogP contribution >= 0.6 is 15.2 Å². The Morgan fingerprint density at radius 1 is 0.925 bits per heavy atom. The third kappa shape index (κ3) is 7.66. The standard InChI is InChI=1S/C29H33F3N6O13P2/c1-11(25(40)36-26(41)12(2)34-28(44)51-29(3,52(45,46)47)53(48,49)50)33-21-15-8-37(9-16(15)21)24-19(32)7-14-22(39)17(27(42)43)10-38(23(14)35-24)20-5-4-13(30)6-18(20)31/h4-7,11-12,15-17,21,33H,8-10H2,1-3H3,(H,34,44)(H,42,43)(H,36,40,41)(H2,45,46,47)(H2,48,49,50)/t11?,12-,15-,16+,17?,21+/m0/s1. The third-order valence-electron chi connectivity index (χ3n) is 9.31. The maximum Gasteiger partial charge on any atom is 0.409 e. The first-order chi connectivity index (χ1) is 24.4. The van der Waals surface area contributed by atoms with Crippen LogP contribution in [0.3, 0.4) is 0 Å². The normalized spacial score (nSPS) is 22.3. The van der Waals surface area contributed by atoms with Gasteiger partial charge in [0.15, 0.2) is 17.4 Å². The lowest BCUT2D eigenvalue weighted by Crippen LogP contribution is -2.52. The molecule has 3 amide bonds. The number of piperidine rings is 1. The van der Waals surface area contributed by atoms with Gasteiger partial charge in [0.25, 0.3) is 0 Å². The summed E-state index contributed by atoms with van der Waals surface area (Å²) in [5.41, 5.74) is -0.669. The van der Waals surface area contributed by atoms with E-state index in [0.29, 0.717) is 13.0 Å². The van der Waals surface area contributed by atoms with Crippen LogP contribution in [0.15, 0.2) is 24.3 Å². The first-order valence-electron chi connectivity index (χ1n) is 15.6. The first-order valence-corrected chi connectivity index (χ1v) is 18.8. The first kappa shape index (κ1) is 39.8. The summed E-state index contributed by atoms with van der Waals surface area (Å²) >= 11 is 0. The summed E-state index contributed by atoms with van der Waals surface area (Å²) in [6, 6.07) is 0.524. The van der Waals surface area contributed by atoms with Crippen molar-refractivity contribution in [2.75, 3.05) is 29.4 Å². The minimum atomic E-state index is -5.72. The van der Waals surface area contributed by atoms with Crippen molar-refractivity contribution < 1.29 is 75.7 Å². The number of hydrogen-bond acceptors (Lipinski definition) is 12. The molecule has 2 unspecified atom stereocenters. The predicted octanol–water partition coefficient (Wildman–Crippen LogP) is 0.733. The van der Waals surface area contributed by atoms with Crippen molar-refractivity contribution in [2.24, 2.45) is 17.8 Å². The fourth-order valence-electron chi connectivity index (χ4n) is 6.11. The molecule has 1 aliphatic carbocycles. The van der Waals surface area contributed by atoms with E-state index in [-0.39, 0.29) is 48.3 Å². The van der Waals surface area contributed by atoms with Gasteiger partial charge in [-0.15, -0.1) is 0 Å². The summed E-state index contributed by atoms with van der Waals surface area (Å²) in [7, 11) is -11.4. The molecule has 288 valence electrons. The molecule has 19 nitrogen and oxygen atoms in total. The number of anilines is 3. The Balaban J connectivity index is 1.20. The predicted molar refractivity (Wildman–Crippen MR) is 173 cm³/mol. The molecular weight excluding hydrogens is 759 g/mol. The minimum Gasteiger partial charge on any atom is -0.481 e. The summed E-state index contributed by atoms with van der Waals surface area (Å²) in [4.78, 5) is 106. The van der Waals surface area contributed by atoms with Gasteiger partial charge in [-0.3, -0.25) is 33.6 Å². The summed E-state index contributed by atoms with van der Waals surface area (Å²) in [6.45, 7) is 2.65. The van der Waals surface area contributed by atoms with E-state index in [1.54, 1.807) is 4.90 Å². The van der Waals surface area contributed by atoms with E-state index in [9.17, 15) is 66.6 Å². The van der Waals surface area contributed by atoms with Gasteiger partial charge in [0.2, 0.25) is 11.8 Å². The topological polar surface area (TPSA) is 285 Å². The van der Waals surface area contributed by atoms with E-state index in [0.717, 1.165) is 30.0 Å². The lowest BCUT2D eigenvalue weighted by Gasteiger charge is -2.34. The fraction of sp³-hybridized carbons (Fsp3) is 0.448. The average Bonchev–Trinajstić information content (AvgIpc) is 3.45. The van der Waals surface area contributed by atoms with Crippen molar-refractivity contribution in [3.8, 4) is 0 Å². The number of benzene rings is 1. The van der Waals surface area contributed by atoms with Gasteiger partial charge in [-0.05, 0) is 50.8 Å². The smallest absolute Gasteiger partial charge is 0.409 e. The number of carbonyl (C=O) groups excluding carboxylic acids is 4. The monoisotopic (exact) mass is 792 g/mol. The van der Waals surface area contributed by atoms with E-state index < -0.39 is 97.5 Å². The number of aliphatic carboxylic acids is 1. The summed E-state index contributed by atoms with van der Waals surface area (Å²) in [6.07, 6.45) is -1.77. The minimum absolute atomic E-state index is 0.144. The molecule has 0 spiro atoms. The number of pyridine rings is 1. The highest BCUT2D eigenvalue weighted by Crippen LogP contribution is 2.69. The highest BCUT2D eigenvalue weighted by atomic mass is 31.2. The average molecular weight is 793 g/mol. The number of carboxylic acid groups (broad SMARTS) is 1. The third-order valence-corrected chi connectivity index (χ3v) is 13.2. The number of halogens is 3. The van der Waals surface area contributed by atoms with Crippen LogP contribution in [0.5, 0.6) is 0 Å². The van der Waals surface area contributed by atoms with E-state index >= 15 is 4.39 Å².